The highest BCUT2D eigenvalue weighted by atomic mass is 16.2. The average Bonchev–Trinajstić information content (AvgIpc) is 3.00. The molecule has 5 heteroatoms. The summed E-state index contributed by atoms with van der Waals surface area (Å²) in [5.41, 5.74) is 8.49. The largest absolute Gasteiger partial charge is 0.369 e. The molecule has 5 nitrogen and oxygen atoms in total. The SMILES string of the molecule is Cc1cccc(N2CCN(CCC(=O)N3CCC(N)C3)CC2)c1. The first kappa shape index (κ1) is 16.3. The molecule has 23 heavy (non-hydrogen) atoms. The fourth-order valence-electron chi connectivity index (χ4n) is 3.48. The molecule has 1 unspecified atom stereocenters. The molecule has 0 aromatic heterocycles. The van der Waals surface area contributed by atoms with Crippen molar-refractivity contribution in [3.8, 4) is 0 Å². The molecule has 1 atom stereocenters. The van der Waals surface area contributed by atoms with Crippen molar-refractivity contribution in [2.45, 2.75) is 25.8 Å². The first-order valence-electron chi connectivity index (χ1n) is 8.69. The average molecular weight is 316 g/mol. The van der Waals surface area contributed by atoms with Crippen LogP contribution < -0.4 is 10.6 Å². The van der Waals surface area contributed by atoms with Gasteiger partial charge in [0.1, 0.15) is 0 Å². The summed E-state index contributed by atoms with van der Waals surface area (Å²) in [5, 5.41) is 0. The second-order valence-corrected chi connectivity index (χ2v) is 6.81. The zero-order valence-corrected chi connectivity index (χ0v) is 14.1. The summed E-state index contributed by atoms with van der Waals surface area (Å²) in [6.45, 7) is 8.70. The van der Waals surface area contributed by atoms with E-state index in [9.17, 15) is 4.79 Å². The Morgan fingerprint density at radius 2 is 2.00 bits per heavy atom. The van der Waals surface area contributed by atoms with Crippen LogP contribution in [-0.2, 0) is 4.79 Å². The fourth-order valence-corrected chi connectivity index (χ4v) is 3.48. The third-order valence-electron chi connectivity index (χ3n) is 4.96. The number of likely N-dealkylation sites (tertiary alicyclic amines) is 1. The van der Waals surface area contributed by atoms with Crippen molar-refractivity contribution in [2.24, 2.45) is 5.73 Å². The Kier molecular flexibility index (Phi) is 5.18. The molecule has 2 fully saturated rings. The van der Waals surface area contributed by atoms with Crippen molar-refractivity contribution in [2.75, 3.05) is 50.7 Å². The summed E-state index contributed by atoms with van der Waals surface area (Å²) < 4.78 is 0. The molecule has 126 valence electrons. The molecule has 2 N–H and O–H groups in total. The lowest BCUT2D eigenvalue weighted by Gasteiger charge is -2.36. The Hall–Kier alpha value is -1.59. The predicted molar refractivity (Wildman–Crippen MR) is 93.6 cm³/mol. The van der Waals surface area contributed by atoms with Crippen molar-refractivity contribution in [1.29, 1.82) is 0 Å². The quantitative estimate of drug-likeness (QED) is 0.903. The van der Waals surface area contributed by atoms with Gasteiger partial charge in [0.25, 0.3) is 0 Å². The number of nitrogens with two attached hydrogens (primary N) is 1. The lowest BCUT2D eigenvalue weighted by Crippen LogP contribution is -2.47. The summed E-state index contributed by atoms with van der Waals surface area (Å²) in [6.07, 6.45) is 1.57. The first-order valence-corrected chi connectivity index (χ1v) is 8.69. The number of anilines is 1. The number of aryl methyl sites for hydroxylation is 1. The lowest BCUT2D eigenvalue weighted by molar-refractivity contribution is -0.130. The van der Waals surface area contributed by atoms with Gasteiger partial charge in [0, 0.05) is 64.0 Å². The van der Waals surface area contributed by atoms with Gasteiger partial charge < -0.3 is 15.5 Å². The molecule has 2 aliphatic heterocycles. The third kappa shape index (κ3) is 4.24. The standard InChI is InChI=1S/C18H28N4O/c1-15-3-2-4-17(13-15)21-11-9-20(10-12-21)7-6-18(23)22-8-5-16(19)14-22/h2-4,13,16H,5-12,14,19H2,1H3. The maximum atomic E-state index is 12.2. The zero-order chi connectivity index (χ0) is 16.2. The number of carbonyl (C=O) groups is 1. The minimum atomic E-state index is 0.178. The van der Waals surface area contributed by atoms with Gasteiger partial charge in [-0.1, -0.05) is 12.1 Å². The second kappa shape index (κ2) is 7.32. The number of amides is 1. The third-order valence-corrected chi connectivity index (χ3v) is 4.96. The molecule has 2 aliphatic rings. The Balaban J connectivity index is 1.42. The van der Waals surface area contributed by atoms with E-state index in [-0.39, 0.29) is 11.9 Å². The van der Waals surface area contributed by atoms with Crippen LogP contribution in [-0.4, -0.2) is 67.6 Å². The molecule has 0 saturated carbocycles. The number of hydrogen-bond acceptors (Lipinski definition) is 4. The molecule has 1 aromatic carbocycles. The smallest absolute Gasteiger partial charge is 0.223 e. The Morgan fingerprint density at radius 3 is 2.65 bits per heavy atom. The summed E-state index contributed by atoms with van der Waals surface area (Å²) in [6, 6.07) is 8.86. The number of piperazine rings is 1. The second-order valence-electron chi connectivity index (χ2n) is 6.81. The zero-order valence-electron chi connectivity index (χ0n) is 14.1. The van der Waals surface area contributed by atoms with Gasteiger partial charge in [-0.3, -0.25) is 9.69 Å². The van der Waals surface area contributed by atoms with E-state index < -0.39 is 0 Å². The van der Waals surface area contributed by atoms with E-state index in [1.165, 1.54) is 11.3 Å². The summed E-state index contributed by atoms with van der Waals surface area (Å²) in [4.78, 5) is 19.0. The monoisotopic (exact) mass is 316 g/mol. The van der Waals surface area contributed by atoms with E-state index >= 15 is 0 Å². The van der Waals surface area contributed by atoms with E-state index in [2.05, 4.69) is 41.0 Å². The molecule has 1 aromatic rings. The van der Waals surface area contributed by atoms with Crippen LogP contribution in [0.1, 0.15) is 18.4 Å². The van der Waals surface area contributed by atoms with Gasteiger partial charge in [-0.15, -0.1) is 0 Å². The summed E-state index contributed by atoms with van der Waals surface area (Å²) >= 11 is 0. The Labute approximate surface area is 139 Å². The van der Waals surface area contributed by atoms with Crippen molar-refractivity contribution >= 4 is 11.6 Å². The van der Waals surface area contributed by atoms with E-state index in [1.54, 1.807) is 0 Å². The van der Waals surface area contributed by atoms with Crippen molar-refractivity contribution in [3.63, 3.8) is 0 Å². The van der Waals surface area contributed by atoms with Crippen LogP contribution in [0.3, 0.4) is 0 Å². The van der Waals surface area contributed by atoms with E-state index in [4.69, 9.17) is 5.73 Å². The normalized spacial score (nSPS) is 22.6. The number of nitrogens with zero attached hydrogens (tertiary/aromatic N) is 3. The lowest BCUT2D eigenvalue weighted by atomic mass is 10.2. The number of benzene rings is 1. The van der Waals surface area contributed by atoms with Crippen LogP contribution in [0, 0.1) is 6.92 Å². The molecule has 0 radical (unpaired) electrons. The molecule has 0 bridgehead atoms. The number of rotatable bonds is 4. The van der Waals surface area contributed by atoms with Crippen LogP contribution in [0.25, 0.3) is 0 Å². The first-order chi connectivity index (χ1) is 11.1. The van der Waals surface area contributed by atoms with Gasteiger partial charge in [-0.2, -0.15) is 0 Å². The minimum absolute atomic E-state index is 0.178. The molecule has 2 heterocycles. The van der Waals surface area contributed by atoms with E-state index in [0.29, 0.717) is 6.42 Å². The highest BCUT2D eigenvalue weighted by Gasteiger charge is 2.24. The molecule has 0 spiro atoms. The van der Waals surface area contributed by atoms with Crippen molar-refractivity contribution in [1.82, 2.24) is 9.80 Å². The topological polar surface area (TPSA) is 52.8 Å². The molecule has 0 aliphatic carbocycles. The molecular weight excluding hydrogens is 288 g/mol. The van der Waals surface area contributed by atoms with Gasteiger partial charge in [-0.05, 0) is 31.0 Å². The van der Waals surface area contributed by atoms with Crippen molar-refractivity contribution < 1.29 is 4.79 Å². The van der Waals surface area contributed by atoms with Crippen LogP contribution in [0.15, 0.2) is 24.3 Å². The summed E-state index contributed by atoms with van der Waals surface area (Å²) in [7, 11) is 0. The van der Waals surface area contributed by atoms with E-state index in [0.717, 1.165) is 52.2 Å². The minimum Gasteiger partial charge on any atom is -0.369 e. The van der Waals surface area contributed by atoms with Crippen LogP contribution >= 0.6 is 0 Å². The molecule has 1 amide bonds. The highest BCUT2D eigenvalue weighted by molar-refractivity contribution is 5.76. The van der Waals surface area contributed by atoms with Crippen LogP contribution in [0.5, 0.6) is 0 Å². The summed E-state index contributed by atoms with van der Waals surface area (Å²) in [5.74, 6) is 0.263. The number of carbonyl (C=O) groups excluding carboxylic acids is 1. The van der Waals surface area contributed by atoms with Gasteiger partial charge in [0.2, 0.25) is 5.91 Å². The Bertz CT molecular complexity index is 540. The molecular formula is C18H28N4O. The maximum Gasteiger partial charge on any atom is 0.223 e. The van der Waals surface area contributed by atoms with Crippen LogP contribution in [0.2, 0.25) is 0 Å². The maximum absolute atomic E-state index is 12.2. The van der Waals surface area contributed by atoms with Gasteiger partial charge >= 0.3 is 0 Å². The molecule has 2 saturated heterocycles. The van der Waals surface area contributed by atoms with Crippen LogP contribution in [0.4, 0.5) is 5.69 Å². The van der Waals surface area contributed by atoms with Gasteiger partial charge in [-0.25, -0.2) is 0 Å². The number of hydrogen-bond donors (Lipinski definition) is 1. The highest BCUT2D eigenvalue weighted by Crippen LogP contribution is 2.18. The van der Waals surface area contributed by atoms with Gasteiger partial charge in [0.15, 0.2) is 0 Å². The molecule has 3 rings (SSSR count). The Morgan fingerprint density at radius 1 is 1.22 bits per heavy atom. The van der Waals surface area contributed by atoms with Gasteiger partial charge in [0.05, 0.1) is 0 Å². The fraction of sp³-hybridized carbons (Fsp3) is 0.611. The van der Waals surface area contributed by atoms with Crippen molar-refractivity contribution in [3.05, 3.63) is 29.8 Å². The van der Waals surface area contributed by atoms with E-state index in [1.807, 2.05) is 4.90 Å². The predicted octanol–water partition coefficient (Wildman–Crippen LogP) is 1.07.